The number of methoxy groups -OCH3 is 3. The molecule has 0 N–H and O–H groups in total. The van der Waals surface area contributed by atoms with Gasteiger partial charge in [-0.2, -0.15) is 0 Å². The van der Waals surface area contributed by atoms with Crippen molar-refractivity contribution in [3.05, 3.63) is 18.2 Å². The second-order valence-electron chi connectivity index (χ2n) is 9.62. The average Bonchev–Trinajstić information content (AvgIpc) is 2.77. The van der Waals surface area contributed by atoms with Crippen LogP contribution in [0.3, 0.4) is 0 Å². The van der Waals surface area contributed by atoms with E-state index in [0.717, 1.165) is 12.8 Å². The minimum atomic E-state index is -0.752. The van der Waals surface area contributed by atoms with E-state index in [4.69, 9.17) is 23.7 Å². The standard InChI is InChI=1S/C26H36O7/c1-10-11-15-26(5,6)24(28)33-20-18-16(13-12-14-17(18)29-7)19(21(30-8)22(20)31-9)32-23(27)25(2,3)4/h12-14H,10-11,15H2,1-9H3. The first kappa shape index (κ1) is 26.3. The van der Waals surface area contributed by atoms with Gasteiger partial charge in [-0.1, -0.05) is 31.9 Å². The maximum atomic E-state index is 13.2. The van der Waals surface area contributed by atoms with Gasteiger partial charge in [0, 0.05) is 5.39 Å². The molecular formula is C26H36O7. The second-order valence-corrected chi connectivity index (χ2v) is 9.62. The molecule has 0 aliphatic heterocycles. The largest absolute Gasteiger partial charge is 0.496 e. The van der Waals surface area contributed by atoms with E-state index < -0.39 is 22.8 Å². The first-order chi connectivity index (χ1) is 15.4. The molecule has 0 fully saturated rings. The fourth-order valence-electron chi connectivity index (χ4n) is 3.33. The molecule has 0 heterocycles. The smallest absolute Gasteiger partial charge is 0.317 e. The number of hydrogen-bond acceptors (Lipinski definition) is 7. The molecule has 0 aliphatic rings. The van der Waals surface area contributed by atoms with Gasteiger partial charge in [0.1, 0.15) is 5.75 Å². The third-order valence-electron chi connectivity index (χ3n) is 5.45. The van der Waals surface area contributed by atoms with E-state index in [1.807, 2.05) is 13.8 Å². The van der Waals surface area contributed by atoms with Crippen LogP contribution in [0.1, 0.15) is 60.8 Å². The summed E-state index contributed by atoms with van der Waals surface area (Å²) in [5.41, 5.74) is -1.46. The highest BCUT2D eigenvalue weighted by molar-refractivity contribution is 6.05. The van der Waals surface area contributed by atoms with E-state index in [0.29, 0.717) is 22.9 Å². The number of fused-ring (bicyclic) bond motifs is 1. The van der Waals surface area contributed by atoms with Crippen molar-refractivity contribution in [2.24, 2.45) is 10.8 Å². The molecule has 0 bridgehead atoms. The molecule has 0 spiro atoms. The Morgan fingerprint density at radius 3 is 1.88 bits per heavy atom. The highest BCUT2D eigenvalue weighted by Gasteiger charge is 2.35. The van der Waals surface area contributed by atoms with E-state index in [-0.39, 0.29) is 23.0 Å². The molecule has 182 valence electrons. The maximum Gasteiger partial charge on any atom is 0.317 e. The zero-order valence-corrected chi connectivity index (χ0v) is 21.2. The summed E-state index contributed by atoms with van der Waals surface area (Å²) in [7, 11) is 4.40. The second kappa shape index (κ2) is 10.3. The highest BCUT2D eigenvalue weighted by Crippen LogP contribution is 2.54. The van der Waals surface area contributed by atoms with Gasteiger partial charge in [0.2, 0.25) is 11.5 Å². The van der Waals surface area contributed by atoms with E-state index in [1.165, 1.54) is 21.3 Å². The van der Waals surface area contributed by atoms with E-state index >= 15 is 0 Å². The van der Waals surface area contributed by atoms with Crippen LogP contribution >= 0.6 is 0 Å². The lowest BCUT2D eigenvalue weighted by Gasteiger charge is -2.26. The Kier molecular flexibility index (Phi) is 8.22. The molecule has 0 aromatic heterocycles. The van der Waals surface area contributed by atoms with Crippen molar-refractivity contribution in [2.75, 3.05) is 21.3 Å². The molecule has 2 aromatic rings. The number of carbonyl (C=O) groups is 2. The normalized spacial score (nSPS) is 11.8. The molecule has 7 heteroatoms. The minimum absolute atomic E-state index is 0.144. The summed E-state index contributed by atoms with van der Waals surface area (Å²) in [6.45, 7) is 11.1. The van der Waals surface area contributed by atoms with Crippen molar-refractivity contribution in [1.29, 1.82) is 0 Å². The first-order valence-corrected chi connectivity index (χ1v) is 11.1. The lowest BCUT2D eigenvalue weighted by atomic mass is 9.87. The van der Waals surface area contributed by atoms with Crippen LogP contribution in [0.2, 0.25) is 0 Å². The van der Waals surface area contributed by atoms with Crippen LogP contribution in [0.5, 0.6) is 28.7 Å². The molecule has 0 atom stereocenters. The molecule has 0 aliphatic carbocycles. The number of rotatable bonds is 9. The SMILES string of the molecule is CCCCC(C)(C)C(=O)Oc1c(OC)c(OC)c(OC(=O)C(C)(C)C)c2cccc(OC)c12. The third-order valence-corrected chi connectivity index (χ3v) is 5.45. The van der Waals surface area contributed by atoms with Crippen molar-refractivity contribution in [1.82, 2.24) is 0 Å². The Balaban J connectivity index is 2.81. The fraction of sp³-hybridized carbons (Fsp3) is 0.538. The van der Waals surface area contributed by atoms with Crippen LogP contribution in [0.4, 0.5) is 0 Å². The van der Waals surface area contributed by atoms with Gasteiger partial charge in [-0.05, 0) is 47.1 Å². The lowest BCUT2D eigenvalue weighted by molar-refractivity contribution is -0.144. The van der Waals surface area contributed by atoms with Crippen LogP contribution in [0.15, 0.2) is 18.2 Å². The summed E-state index contributed by atoms with van der Waals surface area (Å²) < 4.78 is 28.6. The number of unbranched alkanes of at least 4 members (excludes halogenated alkanes) is 1. The Bertz CT molecular complexity index is 1020. The number of carbonyl (C=O) groups excluding carboxylic acids is 2. The van der Waals surface area contributed by atoms with Crippen molar-refractivity contribution < 1.29 is 33.3 Å². The van der Waals surface area contributed by atoms with Crippen molar-refractivity contribution in [3.63, 3.8) is 0 Å². The zero-order valence-electron chi connectivity index (χ0n) is 21.2. The molecule has 33 heavy (non-hydrogen) atoms. The summed E-state index contributed by atoms with van der Waals surface area (Å²) in [6, 6.07) is 5.26. The van der Waals surface area contributed by atoms with Crippen LogP contribution < -0.4 is 23.7 Å². The molecule has 2 aromatic carbocycles. The lowest BCUT2D eigenvalue weighted by Crippen LogP contribution is -2.29. The third kappa shape index (κ3) is 5.52. The monoisotopic (exact) mass is 460 g/mol. The maximum absolute atomic E-state index is 13.2. The molecule has 7 nitrogen and oxygen atoms in total. The molecule has 0 unspecified atom stereocenters. The van der Waals surface area contributed by atoms with Crippen LogP contribution in [0.25, 0.3) is 10.8 Å². The Morgan fingerprint density at radius 1 is 0.788 bits per heavy atom. The van der Waals surface area contributed by atoms with Gasteiger partial charge >= 0.3 is 11.9 Å². The summed E-state index contributed by atoms with van der Waals surface area (Å²) in [6.07, 6.45) is 2.55. The van der Waals surface area contributed by atoms with Crippen LogP contribution in [0, 0.1) is 10.8 Å². The van der Waals surface area contributed by atoms with Gasteiger partial charge in [0.15, 0.2) is 11.5 Å². The van der Waals surface area contributed by atoms with Crippen LogP contribution in [-0.4, -0.2) is 33.3 Å². The molecule has 0 amide bonds. The molecule has 0 saturated carbocycles. The van der Waals surface area contributed by atoms with Gasteiger partial charge in [0.25, 0.3) is 0 Å². The highest BCUT2D eigenvalue weighted by atomic mass is 16.6. The van der Waals surface area contributed by atoms with Gasteiger partial charge in [0.05, 0.1) is 37.5 Å². The fourth-order valence-corrected chi connectivity index (χ4v) is 3.33. The Hall–Kier alpha value is -2.96. The van der Waals surface area contributed by atoms with Gasteiger partial charge in [-0.3, -0.25) is 9.59 Å². The Morgan fingerprint density at radius 2 is 1.36 bits per heavy atom. The number of benzene rings is 2. The van der Waals surface area contributed by atoms with Gasteiger partial charge in [-0.25, -0.2) is 0 Å². The topological polar surface area (TPSA) is 80.3 Å². The summed E-state index contributed by atoms with van der Waals surface area (Å²) in [5.74, 6) is 0.229. The Labute approximate surface area is 196 Å². The summed E-state index contributed by atoms with van der Waals surface area (Å²) >= 11 is 0. The van der Waals surface area contributed by atoms with Crippen molar-refractivity contribution in [3.8, 4) is 28.7 Å². The van der Waals surface area contributed by atoms with Gasteiger partial charge in [-0.15, -0.1) is 0 Å². The first-order valence-electron chi connectivity index (χ1n) is 11.1. The van der Waals surface area contributed by atoms with Gasteiger partial charge < -0.3 is 23.7 Å². The van der Waals surface area contributed by atoms with E-state index in [9.17, 15) is 9.59 Å². The molecule has 0 saturated heterocycles. The number of ether oxygens (including phenoxy) is 5. The minimum Gasteiger partial charge on any atom is -0.496 e. The molecular weight excluding hydrogens is 424 g/mol. The van der Waals surface area contributed by atoms with E-state index in [2.05, 4.69) is 6.92 Å². The summed E-state index contributed by atoms with van der Waals surface area (Å²) in [5, 5.41) is 0.952. The predicted octanol–water partition coefficient (Wildman–Crippen LogP) is 5.94. The number of esters is 2. The molecule has 2 rings (SSSR count). The molecule has 0 radical (unpaired) electrons. The zero-order chi connectivity index (χ0) is 25.0. The number of hydrogen-bond donors (Lipinski definition) is 0. The predicted molar refractivity (Wildman–Crippen MR) is 128 cm³/mol. The summed E-state index contributed by atoms with van der Waals surface area (Å²) in [4.78, 5) is 26.0. The van der Waals surface area contributed by atoms with Crippen LogP contribution in [-0.2, 0) is 9.59 Å². The van der Waals surface area contributed by atoms with Crippen molar-refractivity contribution in [2.45, 2.75) is 60.8 Å². The average molecular weight is 461 g/mol. The quantitative estimate of drug-likeness (QED) is 0.338. The van der Waals surface area contributed by atoms with Crippen molar-refractivity contribution >= 4 is 22.7 Å². The van der Waals surface area contributed by atoms with E-state index in [1.54, 1.807) is 39.0 Å².